The number of aliphatic hydroxyl groups is 1. The van der Waals surface area contributed by atoms with E-state index in [1.54, 1.807) is 16.8 Å². The number of thioether (sulfide) groups is 1. The number of benzene rings is 2. The zero-order chi connectivity index (χ0) is 16.8. The smallest absolute Gasteiger partial charge is 0.214 e. The number of hydrogen-bond acceptors (Lipinski definition) is 6. The zero-order valence-corrected chi connectivity index (χ0v) is 13.5. The fourth-order valence-corrected chi connectivity index (χ4v) is 2.85. The van der Waals surface area contributed by atoms with Crippen LogP contribution in [0.2, 0.25) is 0 Å². The van der Waals surface area contributed by atoms with Gasteiger partial charge in [0.25, 0.3) is 0 Å². The van der Waals surface area contributed by atoms with Crippen LogP contribution in [0, 0.1) is 5.82 Å². The molecule has 6 nitrogen and oxygen atoms in total. The maximum absolute atomic E-state index is 12.8. The number of tetrazole rings is 1. The van der Waals surface area contributed by atoms with E-state index in [1.165, 1.54) is 23.9 Å². The second-order valence-corrected chi connectivity index (χ2v) is 6.05. The summed E-state index contributed by atoms with van der Waals surface area (Å²) in [4.78, 5) is 0. The van der Waals surface area contributed by atoms with Crippen molar-refractivity contribution in [2.75, 3.05) is 17.6 Å². The number of aliphatic hydroxyl groups excluding tert-OH is 1. The van der Waals surface area contributed by atoms with E-state index in [1.807, 2.05) is 30.3 Å². The van der Waals surface area contributed by atoms with Crippen LogP contribution in [0.3, 0.4) is 0 Å². The van der Waals surface area contributed by atoms with Gasteiger partial charge in [0.2, 0.25) is 5.16 Å². The molecule has 2 N–H and O–H groups in total. The van der Waals surface area contributed by atoms with Crippen molar-refractivity contribution in [2.45, 2.75) is 11.3 Å². The van der Waals surface area contributed by atoms with Gasteiger partial charge in [0, 0.05) is 18.0 Å². The first-order valence-electron chi connectivity index (χ1n) is 7.36. The van der Waals surface area contributed by atoms with Crippen molar-refractivity contribution in [3.8, 4) is 5.69 Å². The zero-order valence-electron chi connectivity index (χ0n) is 12.7. The Balaban J connectivity index is 1.53. The molecule has 0 spiro atoms. The summed E-state index contributed by atoms with van der Waals surface area (Å²) < 4.78 is 14.5. The monoisotopic (exact) mass is 345 g/mol. The van der Waals surface area contributed by atoms with E-state index in [4.69, 9.17) is 0 Å². The summed E-state index contributed by atoms with van der Waals surface area (Å²) in [5, 5.41) is 25.4. The molecule has 0 aliphatic heterocycles. The van der Waals surface area contributed by atoms with Gasteiger partial charge >= 0.3 is 0 Å². The lowest BCUT2D eigenvalue weighted by Crippen LogP contribution is -2.22. The number of halogens is 1. The standard InChI is InChI=1S/C16H16FN5OS/c17-12-6-8-13(9-7-12)18-10-15(23)11-24-16-19-20-21-22(16)14-4-2-1-3-5-14/h1-9,15,18,23H,10-11H2/t15-/m0/s1. The molecule has 0 saturated heterocycles. The van der Waals surface area contributed by atoms with Gasteiger partial charge in [-0.3, -0.25) is 0 Å². The number of hydrogen-bond donors (Lipinski definition) is 2. The highest BCUT2D eigenvalue weighted by Crippen LogP contribution is 2.19. The third kappa shape index (κ3) is 4.30. The Morgan fingerprint density at radius 1 is 1.12 bits per heavy atom. The van der Waals surface area contributed by atoms with Gasteiger partial charge in [-0.15, -0.1) is 5.10 Å². The Bertz CT molecular complexity index is 766. The minimum absolute atomic E-state index is 0.288. The summed E-state index contributed by atoms with van der Waals surface area (Å²) in [7, 11) is 0. The molecule has 0 fully saturated rings. The number of aromatic nitrogens is 4. The van der Waals surface area contributed by atoms with E-state index in [0.717, 1.165) is 11.4 Å². The molecule has 1 atom stereocenters. The molecular formula is C16H16FN5OS. The summed E-state index contributed by atoms with van der Waals surface area (Å²) >= 11 is 1.37. The van der Waals surface area contributed by atoms with E-state index in [9.17, 15) is 9.50 Å². The maximum Gasteiger partial charge on any atom is 0.214 e. The molecule has 0 aliphatic rings. The van der Waals surface area contributed by atoms with Crippen molar-refractivity contribution in [1.29, 1.82) is 0 Å². The number of para-hydroxylation sites is 1. The molecule has 0 amide bonds. The summed E-state index contributed by atoms with van der Waals surface area (Å²) in [5.74, 6) is 0.144. The third-order valence-electron chi connectivity index (χ3n) is 3.23. The molecular weight excluding hydrogens is 329 g/mol. The van der Waals surface area contributed by atoms with Gasteiger partial charge in [-0.25, -0.2) is 4.39 Å². The predicted molar refractivity (Wildman–Crippen MR) is 90.8 cm³/mol. The van der Waals surface area contributed by atoms with Gasteiger partial charge in [0.1, 0.15) is 5.82 Å². The lowest BCUT2D eigenvalue weighted by Gasteiger charge is -2.12. The first-order chi connectivity index (χ1) is 11.7. The molecule has 124 valence electrons. The fraction of sp³-hybridized carbons (Fsp3) is 0.188. The van der Waals surface area contributed by atoms with Crippen LogP contribution in [0.4, 0.5) is 10.1 Å². The van der Waals surface area contributed by atoms with Gasteiger partial charge in [-0.1, -0.05) is 30.0 Å². The molecule has 24 heavy (non-hydrogen) atoms. The molecule has 0 saturated carbocycles. The van der Waals surface area contributed by atoms with Crippen molar-refractivity contribution in [3.05, 3.63) is 60.4 Å². The Morgan fingerprint density at radius 3 is 2.62 bits per heavy atom. The molecule has 0 radical (unpaired) electrons. The second kappa shape index (κ2) is 7.89. The molecule has 2 aromatic carbocycles. The van der Waals surface area contributed by atoms with E-state index < -0.39 is 6.10 Å². The lowest BCUT2D eigenvalue weighted by molar-refractivity contribution is 0.213. The van der Waals surface area contributed by atoms with Gasteiger partial charge in [0.15, 0.2) is 0 Å². The lowest BCUT2D eigenvalue weighted by atomic mass is 10.3. The first kappa shape index (κ1) is 16.4. The summed E-state index contributed by atoms with van der Waals surface area (Å²) in [6, 6.07) is 15.6. The molecule has 0 bridgehead atoms. The van der Waals surface area contributed by atoms with Crippen molar-refractivity contribution in [3.63, 3.8) is 0 Å². The van der Waals surface area contributed by atoms with Crippen LogP contribution < -0.4 is 5.32 Å². The summed E-state index contributed by atoms with van der Waals surface area (Å²) in [6.45, 7) is 0.353. The minimum Gasteiger partial charge on any atom is -0.390 e. The molecule has 3 rings (SSSR count). The van der Waals surface area contributed by atoms with Crippen molar-refractivity contribution in [2.24, 2.45) is 0 Å². The first-order valence-corrected chi connectivity index (χ1v) is 8.35. The molecule has 1 aromatic heterocycles. The molecule has 0 unspecified atom stereocenters. The topological polar surface area (TPSA) is 75.9 Å². The highest BCUT2D eigenvalue weighted by Gasteiger charge is 2.12. The minimum atomic E-state index is -0.596. The second-order valence-electron chi connectivity index (χ2n) is 5.06. The van der Waals surface area contributed by atoms with Gasteiger partial charge in [-0.05, 0) is 46.8 Å². The van der Waals surface area contributed by atoms with Crippen LogP contribution >= 0.6 is 11.8 Å². The van der Waals surface area contributed by atoms with E-state index in [-0.39, 0.29) is 5.82 Å². The van der Waals surface area contributed by atoms with Gasteiger partial charge in [0.05, 0.1) is 11.8 Å². The highest BCUT2D eigenvalue weighted by atomic mass is 32.2. The molecule has 3 aromatic rings. The Morgan fingerprint density at radius 2 is 1.88 bits per heavy atom. The molecule has 8 heteroatoms. The highest BCUT2D eigenvalue weighted by molar-refractivity contribution is 7.99. The fourth-order valence-electron chi connectivity index (χ4n) is 2.03. The third-order valence-corrected chi connectivity index (χ3v) is 4.30. The number of rotatable bonds is 7. The normalized spacial score (nSPS) is 12.1. The van der Waals surface area contributed by atoms with Crippen molar-refractivity contribution in [1.82, 2.24) is 20.2 Å². The van der Waals surface area contributed by atoms with Crippen LogP contribution in [0.15, 0.2) is 59.8 Å². The van der Waals surface area contributed by atoms with Crippen LogP contribution in [0.25, 0.3) is 5.69 Å². The molecule has 1 heterocycles. The largest absolute Gasteiger partial charge is 0.390 e. The van der Waals surface area contributed by atoms with Crippen LogP contribution in [-0.4, -0.2) is 43.7 Å². The number of anilines is 1. The van der Waals surface area contributed by atoms with Gasteiger partial charge < -0.3 is 10.4 Å². The van der Waals surface area contributed by atoms with Gasteiger partial charge in [-0.2, -0.15) is 4.68 Å². The van der Waals surface area contributed by atoms with E-state index in [2.05, 4.69) is 20.8 Å². The Hall–Kier alpha value is -2.45. The van der Waals surface area contributed by atoms with Crippen molar-refractivity contribution >= 4 is 17.4 Å². The Kier molecular flexibility index (Phi) is 5.39. The number of nitrogens with one attached hydrogen (secondary N) is 1. The van der Waals surface area contributed by atoms with E-state index >= 15 is 0 Å². The van der Waals surface area contributed by atoms with Crippen molar-refractivity contribution < 1.29 is 9.50 Å². The average Bonchev–Trinajstić information content (AvgIpc) is 3.09. The van der Waals surface area contributed by atoms with Crippen LogP contribution in [0.5, 0.6) is 0 Å². The maximum atomic E-state index is 12.8. The SMILES string of the molecule is O[C@@H](CNc1ccc(F)cc1)CSc1nnnn1-c1ccccc1. The van der Waals surface area contributed by atoms with E-state index in [0.29, 0.717) is 17.5 Å². The van der Waals surface area contributed by atoms with Crippen LogP contribution in [-0.2, 0) is 0 Å². The average molecular weight is 345 g/mol. The Labute approximate surface area is 142 Å². The summed E-state index contributed by atoms with van der Waals surface area (Å²) in [5.41, 5.74) is 1.62. The molecule has 0 aliphatic carbocycles. The summed E-state index contributed by atoms with van der Waals surface area (Å²) in [6.07, 6.45) is -0.596. The van der Waals surface area contributed by atoms with Crippen LogP contribution in [0.1, 0.15) is 0 Å². The predicted octanol–water partition coefficient (Wildman–Crippen LogP) is 2.37. The quantitative estimate of drug-likeness (QED) is 0.640. The number of nitrogens with zero attached hydrogens (tertiary/aromatic N) is 4.